The highest BCUT2D eigenvalue weighted by atomic mass is 16.5. The minimum Gasteiger partial charge on any atom is -0.613 e. The van der Waals surface area contributed by atoms with Gasteiger partial charge in [-0.1, -0.05) is 0 Å². The normalized spacial score (nSPS) is 29.6. The molecule has 0 aromatic heterocycles. The van der Waals surface area contributed by atoms with Crippen LogP contribution in [0, 0.1) is 17.0 Å². The van der Waals surface area contributed by atoms with Gasteiger partial charge >= 0.3 is 5.97 Å². The lowest BCUT2D eigenvalue weighted by Gasteiger charge is -2.28. The zero-order valence-electron chi connectivity index (χ0n) is 8.49. The van der Waals surface area contributed by atoms with E-state index in [1.165, 1.54) is 7.11 Å². The van der Waals surface area contributed by atoms with Crippen LogP contribution in [-0.4, -0.2) is 19.6 Å². The number of rotatable bonds is 3. The second-order valence-corrected chi connectivity index (χ2v) is 3.91. The minimum atomic E-state index is -0.244. The monoisotopic (exact) mass is 202 g/mol. The molecule has 1 saturated carbocycles. The molecule has 14 heavy (non-hydrogen) atoms. The van der Waals surface area contributed by atoms with Crippen LogP contribution in [0.4, 0.5) is 0 Å². The van der Waals surface area contributed by atoms with E-state index in [1.807, 2.05) is 0 Å². The molecule has 1 unspecified atom stereocenters. The van der Waals surface area contributed by atoms with Crippen molar-refractivity contribution in [3.8, 4) is 0 Å². The number of ether oxygens (including phenoxy) is 1. The summed E-state index contributed by atoms with van der Waals surface area (Å²) in [6.07, 6.45) is 3.46. The van der Waals surface area contributed by atoms with E-state index in [4.69, 9.17) is 5.84 Å². The molecule has 5 nitrogen and oxygen atoms in total. The first-order valence-electron chi connectivity index (χ1n) is 4.99. The van der Waals surface area contributed by atoms with Crippen molar-refractivity contribution >= 4 is 5.97 Å². The summed E-state index contributed by atoms with van der Waals surface area (Å²) in [4.78, 5) is 11.2. The molecular weight excluding hydrogens is 184 g/mol. The fourth-order valence-electron chi connectivity index (χ4n) is 2.05. The van der Waals surface area contributed by atoms with Gasteiger partial charge < -0.3 is 9.94 Å². The fraction of sp³-hybridized carbons (Fsp3) is 0.889. The molecule has 0 heterocycles. The molecule has 0 aromatic rings. The molecule has 0 spiro atoms. The lowest BCUT2D eigenvalue weighted by Crippen LogP contribution is -3.13. The van der Waals surface area contributed by atoms with Crippen LogP contribution >= 0.6 is 0 Å². The van der Waals surface area contributed by atoms with E-state index in [0.717, 1.165) is 25.7 Å². The fourth-order valence-corrected chi connectivity index (χ4v) is 2.05. The molecule has 0 aliphatic heterocycles. The SMILES string of the molecule is COC(=O)C1CCC(C[NH+](N)[O-])CC1. The number of carbonyl (C=O) groups is 1. The molecule has 3 N–H and O–H groups in total. The standard InChI is InChI=1S/C9H18N2O3/c1-14-9(12)8-4-2-7(3-5-8)6-11(10)13/h7-8,11H,2-6,10H2,1H3. The molecule has 0 bridgehead atoms. The van der Waals surface area contributed by atoms with Crippen molar-refractivity contribution in [2.45, 2.75) is 25.7 Å². The van der Waals surface area contributed by atoms with Crippen molar-refractivity contribution in [3.63, 3.8) is 0 Å². The van der Waals surface area contributed by atoms with E-state index in [9.17, 15) is 10.0 Å². The Morgan fingerprint density at radius 3 is 2.50 bits per heavy atom. The van der Waals surface area contributed by atoms with E-state index < -0.39 is 0 Å². The Kier molecular flexibility index (Phi) is 4.31. The predicted octanol–water partition coefficient (Wildman–Crippen LogP) is -0.778. The number of methoxy groups -OCH3 is 1. The molecule has 82 valence electrons. The maximum absolute atomic E-state index is 11.2. The second kappa shape index (κ2) is 5.29. The summed E-state index contributed by atoms with van der Waals surface area (Å²) >= 11 is 0. The lowest BCUT2D eigenvalue weighted by molar-refractivity contribution is -0.864. The molecule has 1 aliphatic rings. The summed E-state index contributed by atoms with van der Waals surface area (Å²) in [5, 5.41) is 10.4. The Morgan fingerprint density at radius 1 is 1.50 bits per heavy atom. The highest BCUT2D eigenvalue weighted by Crippen LogP contribution is 2.28. The van der Waals surface area contributed by atoms with Crippen molar-refractivity contribution < 1.29 is 14.7 Å². The molecule has 0 radical (unpaired) electrons. The van der Waals surface area contributed by atoms with Crippen molar-refractivity contribution in [3.05, 3.63) is 5.21 Å². The summed E-state index contributed by atoms with van der Waals surface area (Å²) in [5.41, 5.74) is 0. The molecule has 1 rings (SSSR count). The number of carbonyl (C=O) groups excluding carboxylic acids is 1. The van der Waals surface area contributed by atoms with Gasteiger partial charge in [-0.25, -0.2) is 0 Å². The van der Waals surface area contributed by atoms with Gasteiger partial charge in [0, 0.05) is 5.92 Å². The summed E-state index contributed by atoms with van der Waals surface area (Å²) in [6, 6.07) is 0. The zero-order chi connectivity index (χ0) is 10.6. The van der Waals surface area contributed by atoms with Crippen molar-refractivity contribution in [1.82, 2.24) is 0 Å². The van der Waals surface area contributed by atoms with E-state index in [2.05, 4.69) is 4.74 Å². The Morgan fingerprint density at radius 2 is 2.07 bits per heavy atom. The molecule has 1 aliphatic carbocycles. The Balaban J connectivity index is 2.27. The molecule has 1 fully saturated rings. The summed E-state index contributed by atoms with van der Waals surface area (Å²) in [5.74, 6) is 5.39. The average molecular weight is 202 g/mol. The first kappa shape index (κ1) is 11.4. The maximum Gasteiger partial charge on any atom is 0.308 e. The number of nitrogens with two attached hydrogens (primary N) is 1. The third-order valence-electron chi connectivity index (χ3n) is 2.87. The highest BCUT2D eigenvalue weighted by Gasteiger charge is 2.27. The predicted molar refractivity (Wildman–Crippen MR) is 50.8 cm³/mol. The van der Waals surface area contributed by atoms with Gasteiger partial charge in [0.25, 0.3) is 0 Å². The van der Waals surface area contributed by atoms with Crippen LogP contribution in [0.25, 0.3) is 0 Å². The van der Waals surface area contributed by atoms with Crippen LogP contribution in [0.2, 0.25) is 0 Å². The van der Waals surface area contributed by atoms with E-state index in [0.29, 0.717) is 12.5 Å². The summed E-state index contributed by atoms with van der Waals surface area (Å²) in [7, 11) is 1.41. The quantitative estimate of drug-likeness (QED) is 0.357. The number of hydroxylamine groups is 1. The van der Waals surface area contributed by atoms with Gasteiger partial charge in [0.15, 0.2) is 0 Å². The summed E-state index contributed by atoms with van der Waals surface area (Å²) in [6.45, 7) is 0.452. The third-order valence-corrected chi connectivity index (χ3v) is 2.87. The lowest BCUT2D eigenvalue weighted by atomic mass is 9.82. The minimum absolute atomic E-state index is 0.0316. The number of quaternary nitrogens is 1. The van der Waals surface area contributed by atoms with Gasteiger partial charge in [0.1, 0.15) is 0 Å². The third kappa shape index (κ3) is 3.25. The smallest absolute Gasteiger partial charge is 0.308 e. The van der Waals surface area contributed by atoms with Crippen LogP contribution in [-0.2, 0) is 9.53 Å². The highest BCUT2D eigenvalue weighted by molar-refractivity contribution is 5.72. The number of hydrogen-bond donors (Lipinski definition) is 2. The molecule has 5 heteroatoms. The Bertz CT molecular complexity index is 188. The van der Waals surface area contributed by atoms with Crippen molar-refractivity contribution in [2.24, 2.45) is 17.7 Å². The first-order chi connectivity index (χ1) is 6.63. The van der Waals surface area contributed by atoms with Gasteiger partial charge in [-0.3, -0.25) is 9.97 Å². The Hall–Kier alpha value is -0.650. The molecule has 0 amide bonds. The van der Waals surface area contributed by atoms with Crippen LogP contribution in [0.1, 0.15) is 25.7 Å². The van der Waals surface area contributed by atoms with Gasteiger partial charge in [-0.2, -0.15) is 5.84 Å². The number of nitrogens with one attached hydrogen (secondary N) is 1. The topological polar surface area (TPSA) is 79.8 Å². The maximum atomic E-state index is 11.2. The Labute approximate surface area is 83.7 Å². The first-order valence-corrected chi connectivity index (χ1v) is 4.99. The van der Waals surface area contributed by atoms with Crippen LogP contribution in [0.3, 0.4) is 0 Å². The van der Waals surface area contributed by atoms with E-state index in [-0.39, 0.29) is 17.1 Å². The van der Waals surface area contributed by atoms with Crippen molar-refractivity contribution in [1.29, 1.82) is 0 Å². The van der Waals surface area contributed by atoms with Gasteiger partial charge in [0.2, 0.25) is 0 Å². The van der Waals surface area contributed by atoms with Crippen molar-refractivity contribution in [2.75, 3.05) is 13.7 Å². The van der Waals surface area contributed by atoms with E-state index in [1.54, 1.807) is 0 Å². The van der Waals surface area contributed by atoms with Crippen LogP contribution in [0.15, 0.2) is 0 Å². The molecule has 0 aromatic carbocycles. The second-order valence-electron chi connectivity index (χ2n) is 3.91. The molecule has 0 saturated heterocycles. The number of hydrogen-bond acceptors (Lipinski definition) is 4. The average Bonchev–Trinajstić information content (AvgIpc) is 2.17. The van der Waals surface area contributed by atoms with Gasteiger partial charge in [0.05, 0.1) is 19.6 Å². The molecule has 1 atom stereocenters. The van der Waals surface area contributed by atoms with Crippen LogP contribution in [0.5, 0.6) is 0 Å². The zero-order valence-corrected chi connectivity index (χ0v) is 8.49. The van der Waals surface area contributed by atoms with Crippen LogP contribution < -0.4 is 11.0 Å². The largest absolute Gasteiger partial charge is 0.613 e. The molecular formula is C9H18N2O3. The van der Waals surface area contributed by atoms with Gasteiger partial charge in [-0.05, 0) is 25.7 Å². The van der Waals surface area contributed by atoms with Gasteiger partial charge in [-0.15, -0.1) is 0 Å². The number of esters is 1. The summed E-state index contributed by atoms with van der Waals surface area (Å²) < 4.78 is 4.68. The van der Waals surface area contributed by atoms with E-state index >= 15 is 0 Å².